The standard InChI is InChI=1S/C29H29FN2O3/c1-28(2,3)35-27(34)31-29(23-16-11-17-24(30)25(23)32(4)26(29)33)22(21-14-9-6-10-15-21)19-18-20-12-7-5-8-13-20/h5-19,22H,1-4H3,(H,31,34)/b19-18+/t22-,29-/m1/s1. The van der Waals surface area contributed by atoms with Crippen LogP contribution in [0, 0.1) is 5.82 Å². The SMILES string of the molecule is CN1C(=O)[C@@](NC(=O)OC(C)(C)C)([C@H](/C=C/c2ccccc2)c2ccccc2)c2cccc(F)c21. The van der Waals surface area contributed by atoms with E-state index in [-0.39, 0.29) is 5.69 Å². The third kappa shape index (κ3) is 4.69. The Bertz CT molecular complexity index is 1250. The van der Waals surface area contributed by atoms with E-state index in [1.807, 2.05) is 72.8 Å². The van der Waals surface area contributed by atoms with Crippen molar-refractivity contribution in [1.82, 2.24) is 5.32 Å². The van der Waals surface area contributed by atoms with Crippen LogP contribution in [0.15, 0.2) is 84.9 Å². The summed E-state index contributed by atoms with van der Waals surface area (Å²) in [4.78, 5) is 28.4. The summed E-state index contributed by atoms with van der Waals surface area (Å²) in [6.07, 6.45) is 3.03. The van der Waals surface area contributed by atoms with Crippen LogP contribution in [0.25, 0.3) is 6.08 Å². The van der Waals surface area contributed by atoms with Gasteiger partial charge in [0.25, 0.3) is 5.91 Å². The summed E-state index contributed by atoms with van der Waals surface area (Å²) >= 11 is 0. The molecule has 35 heavy (non-hydrogen) atoms. The number of para-hydroxylation sites is 1. The first-order chi connectivity index (χ1) is 16.6. The van der Waals surface area contributed by atoms with Crippen molar-refractivity contribution < 1.29 is 18.7 Å². The fraction of sp³-hybridized carbons (Fsp3) is 0.241. The summed E-state index contributed by atoms with van der Waals surface area (Å²) in [5, 5.41) is 2.88. The van der Waals surface area contributed by atoms with Gasteiger partial charge in [0.15, 0.2) is 5.54 Å². The summed E-state index contributed by atoms with van der Waals surface area (Å²) in [7, 11) is 1.52. The van der Waals surface area contributed by atoms with Crippen LogP contribution in [0.4, 0.5) is 14.9 Å². The van der Waals surface area contributed by atoms with Crippen molar-refractivity contribution in [2.45, 2.75) is 37.8 Å². The second-order valence-electron chi connectivity index (χ2n) is 9.59. The number of rotatable bonds is 5. The maximum absolute atomic E-state index is 15.0. The van der Waals surface area contributed by atoms with E-state index in [0.29, 0.717) is 5.56 Å². The van der Waals surface area contributed by atoms with Crippen LogP contribution in [0.1, 0.15) is 43.4 Å². The zero-order valence-corrected chi connectivity index (χ0v) is 20.3. The molecule has 1 aliphatic heterocycles. The largest absolute Gasteiger partial charge is 0.444 e. The number of nitrogens with zero attached hydrogens (tertiary/aromatic N) is 1. The molecule has 4 rings (SSSR count). The van der Waals surface area contributed by atoms with E-state index in [1.165, 1.54) is 18.0 Å². The maximum Gasteiger partial charge on any atom is 0.408 e. The molecule has 0 aliphatic carbocycles. The lowest BCUT2D eigenvalue weighted by atomic mass is 9.74. The fourth-order valence-electron chi connectivity index (χ4n) is 4.56. The summed E-state index contributed by atoms with van der Waals surface area (Å²) in [5.74, 6) is -1.64. The zero-order chi connectivity index (χ0) is 25.2. The number of halogens is 1. The van der Waals surface area contributed by atoms with E-state index in [2.05, 4.69) is 5.32 Å². The average molecular weight is 473 g/mol. The van der Waals surface area contributed by atoms with Crippen molar-refractivity contribution in [2.24, 2.45) is 0 Å². The van der Waals surface area contributed by atoms with Crippen LogP contribution in [-0.4, -0.2) is 24.6 Å². The van der Waals surface area contributed by atoms with Crippen LogP contribution in [-0.2, 0) is 15.1 Å². The quantitative estimate of drug-likeness (QED) is 0.494. The predicted octanol–water partition coefficient (Wildman–Crippen LogP) is 6.02. The van der Waals surface area contributed by atoms with Gasteiger partial charge in [0, 0.05) is 18.5 Å². The minimum atomic E-state index is -1.62. The number of likely N-dealkylation sites (N-methyl/N-ethyl adjacent to an activating group) is 1. The van der Waals surface area contributed by atoms with E-state index >= 15 is 4.39 Å². The molecule has 6 heteroatoms. The summed E-state index contributed by atoms with van der Waals surface area (Å²) in [6, 6.07) is 23.6. The van der Waals surface area contributed by atoms with Crippen molar-refractivity contribution in [2.75, 3.05) is 11.9 Å². The number of amides is 2. The molecule has 0 aromatic heterocycles. The van der Waals surface area contributed by atoms with Gasteiger partial charge in [-0.2, -0.15) is 0 Å². The van der Waals surface area contributed by atoms with E-state index in [9.17, 15) is 9.59 Å². The molecule has 0 saturated carbocycles. The minimum absolute atomic E-state index is 0.141. The topological polar surface area (TPSA) is 58.6 Å². The van der Waals surface area contributed by atoms with Gasteiger partial charge in [-0.05, 0) is 38.0 Å². The molecule has 2 atom stereocenters. The summed E-state index contributed by atoms with van der Waals surface area (Å²) in [5.41, 5.74) is -0.175. The molecule has 0 fully saturated rings. The molecule has 0 saturated heterocycles. The lowest BCUT2D eigenvalue weighted by Crippen LogP contribution is -2.56. The Morgan fingerprint density at radius 1 is 1.00 bits per heavy atom. The molecule has 1 heterocycles. The van der Waals surface area contributed by atoms with Gasteiger partial charge in [0.2, 0.25) is 0 Å². The van der Waals surface area contributed by atoms with Gasteiger partial charge in [-0.1, -0.05) is 84.9 Å². The minimum Gasteiger partial charge on any atom is -0.444 e. The van der Waals surface area contributed by atoms with Crippen molar-refractivity contribution in [3.63, 3.8) is 0 Å². The van der Waals surface area contributed by atoms with Gasteiger partial charge in [0.05, 0.1) is 5.69 Å². The van der Waals surface area contributed by atoms with Crippen LogP contribution in [0.5, 0.6) is 0 Å². The van der Waals surface area contributed by atoms with Crippen molar-refractivity contribution in [3.8, 4) is 0 Å². The van der Waals surface area contributed by atoms with E-state index in [1.54, 1.807) is 32.9 Å². The van der Waals surface area contributed by atoms with E-state index in [0.717, 1.165) is 11.1 Å². The van der Waals surface area contributed by atoms with E-state index in [4.69, 9.17) is 4.74 Å². The highest BCUT2D eigenvalue weighted by molar-refractivity contribution is 6.10. The van der Waals surface area contributed by atoms with Gasteiger partial charge in [0.1, 0.15) is 11.4 Å². The Labute approximate surface area is 205 Å². The second kappa shape index (κ2) is 9.37. The van der Waals surface area contributed by atoms with Crippen LogP contribution >= 0.6 is 0 Å². The first-order valence-corrected chi connectivity index (χ1v) is 11.5. The Hall–Kier alpha value is -3.93. The Kier molecular flexibility index (Phi) is 6.48. The average Bonchev–Trinajstić information content (AvgIpc) is 3.02. The summed E-state index contributed by atoms with van der Waals surface area (Å²) in [6.45, 7) is 5.25. The lowest BCUT2D eigenvalue weighted by Gasteiger charge is -2.36. The summed E-state index contributed by atoms with van der Waals surface area (Å²) < 4.78 is 20.6. The number of hydrogen-bond acceptors (Lipinski definition) is 3. The number of fused-ring (bicyclic) bond motifs is 1. The maximum atomic E-state index is 15.0. The zero-order valence-electron chi connectivity index (χ0n) is 20.3. The molecule has 0 radical (unpaired) electrons. The smallest absolute Gasteiger partial charge is 0.408 e. The first kappa shape index (κ1) is 24.2. The molecule has 3 aromatic carbocycles. The highest BCUT2D eigenvalue weighted by Crippen LogP contribution is 2.49. The predicted molar refractivity (Wildman–Crippen MR) is 136 cm³/mol. The molecule has 1 aliphatic rings. The number of ether oxygens (including phenoxy) is 1. The second-order valence-corrected chi connectivity index (χ2v) is 9.59. The number of carbonyl (C=O) groups excluding carboxylic acids is 2. The molecular weight excluding hydrogens is 443 g/mol. The monoisotopic (exact) mass is 472 g/mol. The van der Waals surface area contributed by atoms with Crippen molar-refractivity contribution in [3.05, 3.63) is 107 Å². The number of alkyl carbamates (subject to hydrolysis) is 1. The van der Waals surface area contributed by atoms with Crippen LogP contribution in [0.3, 0.4) is 0 Å². The van der Waals surface area contributed by atoms with Gasteiger partial charge in [-0.3, -0.25) is 4.79 Å². The Balaban J connectivity index is 1.95. The number of nitrogens with one attached hydrogen (secondary N) is 1. The van der Waals surface area contributed by atoms with Gasteiger partial charge in [-0.15, -0.1) is 0 Å². The molecule has 0 spiro atoms. The molecule has 5 nitrogen and oxygen atoms in total. The third-order valence-electron chi connectivity index (χ3n) is 5.99. The number of carbonyl (C=O) groups is 2. The molecule has 1 N–H and O–H groups in total. The van der Waals surface area contributed by atoms with Gasteiger partial charge in [-0.25, -0.2) is 9.18 Å². The first-order valence-electron chi connectivity index (χ1n) is 11.5. The molecule has 0 unspecified atom stereocenters. The van der Waals surface area contributed by atoms with Crippen LogP contribution in [0.2, 0.25) is 0 Å². The van der Waals surface area contributed by atoms with Crippen molar-refractivity contribution >= 4 is 23.8 Å². The number of hydrogen-bond donors (Lipinski definition) is 1. The molecule has 3 aromatic rings. The van der Waals surface area contributed by atoms with Gasteiger partial charge < -0.3 is 15.0 Å². The number of anilines is 1. The van der Waals surface area contributed by atoms with Crippen LogP contribution < -0.4 is 10.2 Å². The highest BCUT2D eigenvalue weighted by Gasteiger charge is 2.57. The Morgan fingerprint density at radius 2 is 1.63 bits per heavy atom. The lowest BCUT2D eigenvalue weighted by molar-refractivity contribution is -0.124. The fourth-order valence-corrected chi connectivity index (χ4v) is 4.56. The van der Waals surface area contributed by atoms with E-state index < -0.39 is 34.9 Å². The molecule has 180 valence electrons. The van der Waals surface area contributed by atoms with Gasteiger partial charge >= 0.3 is 6.09 Å². The molecular formula is C29H29FN2O3. The normalized spacial score (nSPS) is 18.4. The van der Waals surface area contributed by atoms with Crippen molar-refractivity contribution in [1.29, 1.82) is 0 Å². The highest BCUT2D eigenvalue weighted by atomic mass is 19.1. The Morgan fingerprint density at radius 3 is 2.26 bits per heavy atom. The third-order valence-corrected chi connectivity index (χ3v) is 5.99. The molecule has 0 bridgehead atoms. The number of benzene rings is 3. The molecule has 2 amide bonds.